The number of hydrogen-bond acceptors (Lipinski definition) is 5. The Morgan fingerprint density at radius 2 is 1.95 bits per heavy atom. The quantitative estimate of drug-likeness (QED) is 0.770. The van der Waals surface area contributed by atoms with E-state index in [0.717, 1.165) is 36.7 Å². The van der Waals surface area contributed by atoms with E-state index in [-0.39, 0.29) is 0 Å². The van der Waals surface area contributed by atoms with Crippen LogP contribution in [0.1, 0.15) is 10.4 Å². The predicted octanol–water partition coefficient (Wildman–Crippen LogP) is 2.68. The van der Waals surface area contributed by atoms with E-state index in [1.54, 1.807) is 25.6 Å². The molecule has 2 rings (SSSR count). The van der Waals surface area contributed by atoms with Crippen molar-refractivity contribution in [2.75, 3.05) is 26.5 Å². The molecule has 0 radical (unpaired) electrons. The molecule has 2 aromatic rings. The first-order valence-electron chi connectivity index (χ1n) is 6.48. The fourth-order valence-corrected chi connectivity index (χ4v) is 2.73. The van der Waals surface area contributed by atoms with Gasteiger partial charge in [-0.1, -0.05) is 6.07 Å². The van der Waals surface area contributed by atoms with Crippen LogP contribution < -0.4 is 20.5 Å². The minimum absolute atomic E-state index is 0.760. The molecule has 3 N–H and O–H groups in total. The van der Waals surface area contributed by atoms with Crippen molar-refractivity contribution >= 4 is 17.0 Å². The van der Waals surface area contributed by atoms with Crippen molar-refractivity contribution in [3.63, 3.8) is 0 Å². The average molecular weight is 292 g/mol. The summed E-state index contributed by atoms with van der Waals surface area (Å²) in [6.45, 7) is 1.71. The molecule has 1 aromatic heterocycles. The summed E-state index contributed by atoms with van der Waals surface area (Å²) in [4.78, 5) is 1.19. The molecule has 1 heterocycles. The van der Waals surface area contributed by atoms with Crippen molar-refractivity contribution in [1.82, 2.24) is 5.32 Å². The van der Waals surface area contributed by atoms with Crippen molar-refractivity contribution in [3.8, 4) is 11.5 Å². The molecule has 0 unspecified atom stereocenters. The predicted molar refractivity (Wildman–Crippen MR) is 83.7 cm³/mol. The van der Waals surface area contributed by atoms with Crippen LogP contribution in [0.25, 0.3) is 0 Å². The number of nitrogens with one attached hydrogen (secondary N) is 1. The molecule has 4 nitrogen and oxygen atoms in total. The molecule has 1 aromatic carbocycles. The van der Waals surface area contributed by atoms with Crippen LogP contribution in [0.15, 0.2) is 29.6 Å². The van der Waals surface area contributed by atoms with E-state index >= 15 is 0 Å². The molecule has 0 aliphatic carbocycles. The van der Waals surface area contributed by atoms with Gasteiger partial charge in [-0.2, -0.15) is 0 Å². The van der Waals surface area contributed by atoms with Gasteiger partial charge >= 0.3 is 0 Å². The number of thiophene rings is 1. The van der Waals surface area contributed by atoms with Crippen LogP contribution in [0, 0.1) is 0 Å². The van der Waals surface area contributed by atoms with Gasteiger partial charge in [0.25, 0.3) is 0 Å². The minimum Gasteiger partial charge on any atom is -0.493 e. The van der Waals surface area contributed by atoms with E-state index in [2.05, 4.69) is 11.4 Å². The number of ether oxygens (including phenoxy) is 2. The maximum Gasteiger partial charge on any atom is 0.160 e. The van der Waals surface area contributed by atoms with Crippen molar-refractivity contribution in [2.24, 2.45) is 0 Å². The third-order valence-corrected chi connectivity index (χ3v) is 4.04. The van der Waals surface area contributed by atoms with E-state index in [4.69, 9.17) is 15.2 Å². The topological polar surface area (TPSA) is 56.5 Å². The summed E-state index contributed by atoms with van der Waals surface area (Å²) in [6.07, 6.45) is 0.936. The zero-order valence-corrected chi connectivity index (χ0v) is 12.6. The molecule has 0 atom stereocenters. The lowest BCUT2D eigenvalue weighted by Gasteiger charge is -2.10. The Morgan fingerprint density at radius 1 is 1.15 bits per heavy atom. The molecular weight excluding hydrogens is 272 g/mol. The van der Waals surface area contributed by atoms with Crippen LogP contribution in [0.3, 0.4) is 0 Å². The molecule has 5 heteroatoms. The normalized spacial score (nSPS) is 10.5. The minimum atomic E-state index is 0.760. The summed E-state index contributed by atoms with van der Waals surface area (Å²) in [5.41, 5.74) is 7.93. The van der Waals surface area contributed by atoms with Gasteiger partial charge < -0.3 is 20.5 Å². The highest BCUT2D eigenvalue weighted by molar-refractivity contribution is 7.10. The molecule has 0 amide bonds. The van der Waals surface area contributed by atoms with Crippen molar-refractivity contribution in [3.05, 3.63) is 40.1 Å². The fraction of sp³-hybridized carbons (Fsp3) is 0.333. The lowest BCUT2D eigenvalue weighted by molar-refractivity contribution is 0.354. The SMILES string of the molecule is COc1ccc(CCNCc2sccc2N)cc1OC. The van der Waals surface area contributed by atoms with E-state index in [1.165, 1.54) is 10.4 Å². The molecule has 0 spiro atoms. The van der Waals surface area contributed by atoms with E-state index in [1.807, 2.05) is 23.6 Å². The summed E-state index contributed by atoms with van der Waals surface area (Å²) >= 11 is 1.68. The van der Waals surface area contributed by atoms with Gasteiger partial charge in [0, 0.05) is 17.1 Å². The van der Waals surface area contributed by atoms with Crippen LogP contribution in [-0.2, 0) is 13.0 Å². The van der Waals surface area contributed by atoms with Gasteiger partial charge in [-0.15, -0.1) is 11.3 Å². The third-order valence-electron chi connectivity index (χ3n) is 3.10. The standard InChI is InChI=1S/C15H20N2O2S/c1-18-13-4-3-11(9-14(13)19-2)5-7-17-10-15-12(16)6-8-20-15/h3-4,6,8-9,17H,5,7,10,16H2,1-2H3. The number of methoxy groups -OCH3 is 2. The number of rotatable bonds is 7. The van der Waals surface area contributed by atoms with Crippen LogP contribution in [-0.4, -0.2) is 20.8 Å². The second-order valence-corrected chi connectivity index (χ2v) is 5.42. The summed E-state index contributed by atoms with van der Waals surface area (Å²) in [5, 5.41) is 5.42. The number of anilines is 1. The highest BCUT2D eigenvalue weighted by Gasteiger charge is 2.04. The largest absolute Gasteiger partial charge is 0.493 e. The van der Waals surface area contributed by atoms with Crippen molar-refractivity contribution in [2.45, 2.75) is 13.0 Å². The van der Waals surface area contributed by atoms with Gasteiger partial charge in [0.1, 0.15) is 0 Å². The van der Waals surface area contributed by atoms with Gasteiger partial charge in [-0.3, -0.25) is 0 Å². The highest BCUT2D eigenvalue weighted by atomic mass is 32.1. The van der Waals surface area contributed by atoms with E-state index in [9.17, 15) is 0 Å². The molecule has 0 aliphatic rings. The lowest BCUT2D eigenvalue weighted by Crippen LogP contribution is -2.16. The smallest absolute Gasteiger partial charge is 0.160 e. The van der Waals surface area contributed by atoms with Gasteiger partial charge in [0.2, 0.25) is 0 Å². The van der Waals surface area contributed by atoms with Crippen LogP contribution in [0.2, 0.25) is 0 Å². The zero-order valence-electron chi connectivity index (χ0n) is 11.8. The van der Waals surface area contributed by atoms with Crippen LogP contribution in [0.4, 0.5) is 5.69 Å². The summed E-state index contributed by atoms with van der Waals surface area (Å²) in [7, 11) is 3.30. The monoisotopic (exact) mass is 292 g/mol. The number of hydrogen-bond donors (Lipinski definition) is 2. The Balaban J connectivity index is 1.83. The molecular formula is C15H20N2O2S. The first kappa shape index (κ1) is 14.7. The molecule has 20 heavy (non-hydrogen) atoms. The van der Waals surface area contributed by atoms with Crippen LogP contribution >= 0.6 is 11.3 Å². The second-order valence-electron chi connectivity index (χ2n) is 4.42. The Labute approximate surface area is 123 Å². The highest BCUT2D eigenvalue weighted by Crippen LogP contribution is 2.27. The maximum absolute atomic E-state index is 5.84. The fourth-order valence-electron chi connectivity index (χ4n) is 1.96. The first-order valence-corrected chi connectivity index (χ1v) is 7.36. The molecule has 0 aliphatic heterocycles. The van der Waals surface area contributed by atoms with Gasteiger partial charge in [0.05, 0.1) is 14.2 Å². The lowest BCUT2D eigenvalue weighted by atomic mass is 10.1. The number of nitrogens with two attached hydrogens (primary N) is 1. The van der Waals surface area contributed by atoms with E-state index in [0.29, 0.717) is 0 Å². The Hall–Kier alpha value is -1.72. The molecule has 0 saturated carbocycles. The Bertz CT molecular complexity index is 555. The first-order chi connectivity index (χ1) is 9.74. The van der Waals surface area contributed by atoms with Crippen molar-refractivity contribution in [1.29, 1.82) is 0 Å². The Morgan fingerprint density at radius 3 is 2.60 bits per heavy atom. The van der Waals surface area contributed by atoms with Crippen molar-refractivity contribution < 1.29 is 9.47 Å². The molecule has 0 fully saturated rings. The third kappa shape index (κ3) is 3.65. The molecule has 0 saturated heterocycles. The van der Waals surface area contributed by atoms with Crippen LogP contribution in [0.5, 0.6) is 11.5 Å². The van der Waals surface area contributed by atoms with E-state index < -0.39 is 0 Å². The van der Waals surface area contributed by atoms with Gasteiger partial charge in [-0.05, 0) is 42.1 Å². The number of nitrogen functional groups attached to an aromatic ring is 1. The maximum atomic E-state index is 5.84. The Kier molecular flexibility index (Phi) is 5.26. The summed E-state index contributed by atoms with van der Waals surface area (Å²) in [6, 6.07) is 7.95. The summed E-state index contributed by atoms with van der Waals surface area (Å²) < 4.78 is 10.5. The number of benzene rings is 1. The second kappa shape index (κ2) is 7.17. The molecule has 108 valence electrons. The van der Waals surface area contributed by atoms with Gasteiger partial charge in [-0.25, -0.2) is 0 Å². The van der Waals surface area contributed by atoms with Gasteiger partial charge in [0.15, 0.2) is 11.5 Å². The zero-order chi connectivity index (χ0) is 14.4. The summed E-state index contributed by atoms with van der Waals surface area (Å²) in [5.74, 6) is 1.53. The average Bonchev–Trinajstić information content (AvgIpc) is 2.88. The molecule has 0 bridgehead atoms.